The molecule has 1 saturated heterocycles. The Kier molecular flexibility index (Phi) is 6.86. The van der Waals surface area contributed by atoms with Gasteiger partial charge in [0.25, 0.3) is 18.6 Å². The number of amides is 1. The smallest absolute Gasteiger partial charge is 0.426 e. The molecule has 0 atom stereocenters. The van der Waals surface area contributed by atoms with Gasteiger partial charge in [0.15, 0.2) is 0 Å². The van der Waals surface area contributed by atoms with Crippen molar-refractivity contribution in [3.63, 3.8) is 0 Å². The predicted octanol–water partition coefficient (Wildman–Crippen LogP) is 0.677. The molecule has 152 valence electrons. The van der Waals surface area contributed by atoms with E-state index in [0.29, 0.717) is 5.92 Å². The number of ether oxygens (including phenoxy) is 1. The summed E-state index contributed by atoms with van der Waals surface area (Å²) in [7, 11) is 3.53. The van der Waals surface area contributed by atoms with E-state index in [9.17, 15) is 9.59 Å². The normalized spacial score (nSPS) is 15.5. The number of carbonyl (C=O) groups excluding carboxylic acids is 1. The molecule has 1 amide bonds. The van der Waals surface area contributed by atoms with Gasteiger partial charge < -0.3 is 14.5 Å². The summed E-state index contributed by atoms with van der Waals surface area (Å²) in [5.41, 5.74) is 0.753. The quantitative estimate of drug-likeness (QED) is 0.672. The molecule has 1 aliphatic heterocycles. The van der Waals surface area contributed by atoms with Crippen LogP contribution in [-0.2, 0) is 17.8 Å². The van der Waals surface area contributed by atoms with Gasteiger partial charge >= 0.3 is 5.63 Å². The maximum Gasteiger partial charge on any atom is 0.426 e. The van der Waals surface area contributed by atoms with E-state index in [4.69, 9.17) is 4.74 Å². The summed E-state index contributed by atoms with van der Waals surface area (Å²) in [6.45, 7) is 3.94. The molecular weight excluding hydrogens is 360 g/mol. The van der Waals surface area contributed by atoms with Crippen molar-refractivity contribution in [2.45, 2.75) is 25.8 Å². The number of hydrogen-bond donors (Lipinski definition) is 1. The highest BCUT2D eigenvalue weighted by Crippen LogP contribution is 2.21. The second-order valence-electron chi connectivity index (χ2n) is 7.39. The van der Waals surface area contributed by atoms with Crippen molar-refractivity contribution in [2.24, 2.45) is 5.92 Å². The number of carbonyl (C=O) groups is 1. The van der Waals surface area contributed by atoms with Gasteiger partial charge in [-0.05, 0) is 55.2 Å². The van der Waals surface area contributed by atoms with Crippen molar-refractivity contribution < 1.29 is 18.7 Å². The van der Waals surface area contributed by atoms with Gasteiger partial charge in [-0.3, -0.25) is 9.32 Å². The number of benzene rings is 1. The zero-order valence-electron chi connectivity index (χ0n) is 16.6. The number of aromatic amines is 1. The fourth-order valence-electron chi connectivity index (χ4n) is 3.70. The standard InChI is InChI=1S/C20H28N4O4/c1-22(19(25)14-24-15-20(26)28-21-24)13-16-7-10-23(11-8-16)12-9-17-5-3-4-6-18(17)27-2/h3-6,15-16H,7-14H2,1-2H3/p+1. The molecule has 8 nitrogen and oxygen atoms in total. The van der Waals surface area contributed by atoms with Crippen LogP contribution in [0.3, 0.4) is 0 Å². The number of likely N-dealkylation sites (tertiary alicyclic amines) is 1. The van der Waals surface area contributed by atoms with Crippen LogP contribution >= 0.6 is 0 Å². The largest absolute Gasteiger partial charge is 0.496 e. The minimum absolute atomic E-state index is 0.0411. The summed E-state index contributed by atoms with van der Waals surface area (Å²) in [4.78, 5) is 27.5. The Balaban J connectivity index is 1.40. The Morgan fingerprint density at radius 3 is 2.79 bits per heavy atom. The van der Waals surface area contributed by atoms with Gasteiger partial charge in [-0.15, -0.1) is 0 Å². The highest BCUT2D eigenvalue weighted by Gasteiger charge is 2.24. The van der Waals surface area contributed by atoms with Crippen LogP contribution in [-0.4, -0.2) is 61.3 Å². The predicted molar refractivity (Wildman–Crippen MR) is 103 cm³/mol. The van der Waals surface area contributed by atoms with Crippen molar-refractivity contribution in [3.05, 3.63) is 46.4 Å². The molecule has 0 radical (unpaired) electrons. The third-order valence-electron chi connectivity index (χ3n) is 5.39. The summed E-state index contributed by atoms with van der Waals surface area (Å²) in [6.07, 6.45) is 4.39. The van der Waals surface area contributed by atoms with Crippen LogP contribution in [0.25, 0.3) is 0 Å². The van der Waals surface area contributed by atoms with Crippen molar-refractivity contribution in [3.8, 4) is 5.75 Å². The lowest BCUT2D eigenvalue weighted by Crippen LogP contribution is -2.46. The number of aromatic nitrogens is 2. The molecule has 1 N–H and O–H groups in total. The summed E-state index contributed by atoms with van der Waals surface area (Å²) in [5, 5.41) is 2.40. The molecule has 1 aromatic heterocycles. The molecule has 8 heteroatoms. The zero-order valence-corrected chi connectivity index (χ0v) is 16.6. The first kappa shape index (κ1) is 20.1. The average molecular weight is 389 g/mol. The van der Waals surface area contributed by atoms with Crippen LogP contribution in [0.2, 0.25) is 0 Å². The minimum Gasteiger partial charge on any atom is -0.496 e. The van der Waals surface area contributed by atoms with Crippen LogP contribution in [0.5, 0.6) is 5.75 Å². The maximum absolute atomic E-state index is 12.3. The van der Waals surface area contributed by atoms with Crippen molar-refractivity contribution >= 4 is 5.91 Å². The van der Waals surface area contributed by atoms with Crippen molar-refractivity contribution in [1.29, 1.82) is 0 Å². The van der Waals surface area contributed by atoms with E-state index < -0.39 is 5.63 Å². The Hall–Kier alpha value is -2.61. The molecule has 1 fully saturated rings. The van der Waals surface area contributed by atoms with Crippen molar-refractivity contribution in [1.82, 2.24) is 15.1 Å². The lowest BCUT2D eigenvalue weighted by atomic mass is 9.96. The summed E-state index contributed by atoms with van der Waals surface area (Å²) >= 11 is 0. The van der Waals surface area contributed by atoms with E-state index in [2.05, 4.69) is 20.8 Å². The van der Waals surface area contributed by atoms with E-state index in [-0.39, 0.29) is 12.5 Å². The van der Waals surface area contributed by atoms with Gasteiger partial charge in [0.05, 0.1) is 7.11 Å². The Morgan fingerprint density at radius 2 is 2.11 bits per heavy atom. The lowest BCUT2D eigenvalue weighted by Gasteiger charge is -2.33. The van der Waals surface area contributed by atoms with E-state index in [1.54, 1.807) is 12.0 Å². The molecule has 0 saturated carbocycles. The number of piperidine rings is 1. The summed E-state index contributed by atoms with van der Waals surface area (Å²) < 4.78 is 11.4. The SMILES string of the molecule is COc1ccccc1CCN1CCC(CN(C)C(=O)C[n+]2cc(=O)o[nH]2)CC1. The van der Waals surface area contributed by atoms with Crippen LogP contribution in [0.1, 0.15) is 18.4 Å². The number of H-pyrrole nitrogens is 1. The monoisotopic (exact) mass is 389 g/mol. The van der Waals surface area contributed by atoms with Gasteiger partial charge in [0.2, 0.25) is 0 Å². The van der Waals surface area contributed by atoms with E-state index >= 15 is 0 Å². The first-order chi connectivity index (χ1) is 13.5. The third-order valence-corrected chi connectivity index (χ3v) is 5.39. The second-order valence-corrected chi connectivity index (χ2v) is 7.39. The van der Waals surface area contributed by atoms with Crippen LogP contribution < -0.4 is 15.0 Å². The summed E-state index contributed by atoms with van der Waals surface area (Å²) in [5.74, 6) is 1.42. The fraction of sp³-hybridized carbons (Fsp3) is 0.550. The van der Waals surface area contributed by atoms with Crippen molar-refractivity contribution in [2.75, 3.05) is 40.3 Å². The Bertz CT molecular complexity index is 823. The molecule has 3 rings (SSSR count). The van der Waals surface area contributed by atoms with Crippen LogP contribution in [0.15, 0.2) is 39.8 Å². The molecule has 1 aromatic carbocycles. The molecule has 1 aliphatic rings. The molecule has 0 spiro atoms. The number of nitrogens with one attached hydrogen (secondary N) is 1. The molecule has 2 heterocycles. The molecule has 2 aromatic rings. The van der Waals surface area contributed by atoms with Crippen LogP contribution in [0, 0.1) is 5.92 Å². The zero-order chi connectivity index (χ0) is 19.9. The molecule has 0 bridgehead atoms. The molecule has 0 unspecified atom stereocenters. The maximum atomic E-state index is 12.3. The number of nitrogens with zero attached hydrogens (tertiary/aromatic N) is 3. The second kappa shape index (κ2) is 9.54. The third kappa shape index (κ3) is 5.45. The van der Waals surface area contributed by atoms with Gasteiger partial charge in [0, 0.05) is 20.1 Å². The highest BCUT2D eigenvalue weighted by molar-refractivity contribution is 5.74. The number of likely N-dealkylation sites (N-methyl/N-ethyl adjacent to an activating group) is 1. The summed E-state index contributed by atoms with van der Waals surface area (Å²) in [6, 6.07) is 8.17. The van der Waals surface area contributed by atoms with Gasteiger partial charge in [-0.25, -0.2) is 4.79 Å². The van der Waals surface area contributed by atoms with Crippen LogP contribution in [0.4, 0.5) is 0 Å². The van der Waals surface area contributed by atoms with E-state index in [0.717, 1.165) is 51.2 Å². The Morgan fingerprint density at radius 1 is 1.36 bits per heavy atom. The minimum atomic E-state index is -0.490. The molecule has 0 aliphatic carbocycles. The number of hydrogen-bond acceptors (Lipinski definition) is 5. The Labute approximate surface area is 164 Å². The average Bonchev–Trinajstić information content (AvgIpc) is 3.12. The first-order valence-electron chi connectivity index (χ1n) is 9.71. The first-order valence-corrected chi connectivity index (χ1v) is 9.71. The van der Waals surface area contributed by atoms with Gasteiger partial charge in [0.1, 0.15) is 5.75 Å². The van der Waals surface area contributed by atoms with Gasteiger partial charge in [-0.1, -0.05) is 22.9 Å². The van der Waals surface area contributed by atoms with E-state index in [1.807, 2.05) is 25.2 Å². The highest BCUT2D eigenvalue weighted by atomic mass is 16.5. The van der Waals surface area contributed by atoms with Gasteiger partial charge in [-0.2, -0.15) is 0 Å². The molecular formula is C20H29N4O4+. The lowest BCUT2D eigenvalue weighted by molar-refractivity contribution is -0.751. The molecule has 28 heavy (non-hydrogen) atoms. The number of para-hydroxylation sites is 1. The topological polar surface area (TPSA) is 82.7 Å². The fourth-order valence-corrected chi connectivity index (χ4v) is 3.70. The number of methoxy groups -OCH3 is 1. The number of rotatable bonds is 8. The van der Waals surface area contributed by atoms with E-state index in [1.165, 1.54) is 16.4 Å².